The molecular formula is C15H17NO3. The summed E-state index contributed by atoms with van der Waals surface area (Å²) in [4.78, 5) is 11.4. The maximum Gasteiger partial charge on any atom is 0.309 e. The number of oxime groups is 1. The third-order valence-corrected chi connectivity index (χ3v) is 3.33. The van der Waals surface area contributed by atoms with Gasteiger partial charge >= 0.3 is 5.97 Å². The number of hydrogen-bond donors (Lipinski definition) is 1. The van der Waals surface area contributed by atoms with Crippen molar-refractivity contribution in [3.63, 3.8) is 0 Å². The number of allylic oxidation sites excluding steroid dienone is 1. The lowest BCUT2D eigenvalue weighted by atomic mass is 9.82. The van der Waals surface area contributed by atoms with Crippen LogP contribution < -0.4 is 0 Å². The van der Waals surface area contributed by atoms with Crippen molar-refractivity contribution in [2.45, 2.75) is 25.2 Å². The van der Waals surface area contributed by atoms with E-state index in [1.165, 1.54) is 12.7 Å². The van der Waals surface area contributed by atoms with Gasteiger partial charge in [-0.3, -0.25) is 4.79 Å². The van der Waals surface area contributed by atoms with Gasteiger partial charge in [0.2, 0.25) is 0 Å². The van der Waals surface area contributed by atoms with Crippen molar-refractivity contribution in [2.24, 2.45) is 5.16 Å². The summed E-state index contributed by atoms with van der Waals surface area (Å²) < 4.78 is 4.68. The minimum Gasteiger partial charge on any atom is -0.469 e. The first-order valence-electron chi connectivity index (χ1n) is 6.25. The first-order valence-corrected chi connectivity index (χ1v) is 6.25. The summed E-state index contributed by atoms with van der Waals surface area (Å²) in [6, 6.07) is 10.1. The molecule has 0 amide bonds. The molecule has 4 nitrogen and oxygen atoms in total. The first kappa shape index (κ1) is 13.3. The average Bonchev–Trinajstić information content (AvgIpc) is 2.47. The van der Waals surface area contributed by atoms with E-state index in [0.29, 0.717) is 12.1 Å². The van der Waals surface area contributed by atoms with Crippen LogP contribution in [0.3, 0.4) is 0 Å². The fourth-order valence-corrected chi connectivity index (χ4v) is 2.41. The first-order chi connectivity index (χ1) is 9.22. The van der Waals surface area contributed by atoms with Gasteiger partial charge in [0.05, 0.1) is 19.2 Å². The smallest absolute Gasteiger partial charge is 0.309 e. The highest BCUT2D eigenvalue weighted by Crippen LogP contribution is 2.33. The van der Waals surface area contributed by atoms with Gasteiger partial charge in [0.1, 0.15) is 0 Å². The monoisotopic (exact) mass is 259 g/mol. The summed E-state index contributed by atoms with van der Waals surface area (Å²) in [7, 11) is 1.38. The van der Waals surface area contributed by atoms with Gasteiger partial charge in [0.15, 0.2) is 0 Å². The fourth-order valence-electron chi connectivity index (χ4n) is 2.41. The summed E-state index contributed by atoms with van der Waals surface area (Å²) in [6.07, 6.45) is 3.51. The third-order valence-electron chi connectivity index (χ3n) is 3.33. The standard InChI is InChI=1S/C15H17NO3/c1-19-15(17)9-11-7-13(10-14(8-11)16-18)12-5-3-2-4-6-12/h2-6,8,13,18H,7,9-10H2,1H3/b16-14+/t13-/m0/s1. The molecule has 0 heterocycles. The molecule has 100 valence electrons. The molecule has 2 rings (SSSR count). The molecule has 0 fully saturated rings. The van der Waals surface area contributed by atoms with E-state index < -0.39 is 0 Å². The van der Waals surface area contributed by atoms with E-state index in [1.807, 2.05) is 18.2 Å². The molecule has 1 aliphatic carbocycles. The Balaban J connectivity index is 2.18. The number of rotatable bonds is 3. The van der Waals surface area contributed by atoms with Gasteiger partial charge in [-0.2, -0.15) is 0 Å². The largest absolute Gasteiger partial charge is 0.469 e. The Kier molecular flexibility index (Phi) is 4.34. The number of carbonyl (C=O) groups excluding carboxylic acids is 1. The molecule has 0 aliphatic heterocycles. The second-order valence-electron chi connectivity index (χ2n) is 4.66. The topological polar surface area (TPSA) is 58.9 Å². The SMILES string of the molecule is COC(=O)CC1=C/C(=N\O)C[C@@H](c2ccccc2)C1. The number of methoxy groups -OCH3 is 1. The molecular weight excluding hydrogens is 242 g/mol. The zero-order chi connectivity index (χ0) is 13.7. The van der Waals surface area contributed by atoms with Crippen LogP contribution in [0.25, 0.3) is 0 Å². The Labute approximate surface area is 112 Å². The molecule has 1 aromatic rings. The Morgan fingerprint density at radius 3 is 2.74 bits per heavy atom. The van der Waals surface area contributed by atoms with E-state index in [1.54, 1.807) is 6.08 Å². The van der Waals surface area contributed by atoms with E-state index in [2.05, 4.69) is 22.0 Å². The third kappa shape index (κ3) is 3.44. The molecule has 1 atom stereocenters. The van der Waals surface area contributed by atoms with Crippen molar-refractivity contribution in [1.82, 2.24) is 0 Å². The molecule has 1 aromatic carbocycles. The van der Waals surface area contributed by atoms with Crippen LogP contribution in [0.1, 0.15) is 30.7 Å². The number of nitrogens with zero attached hydrogens (tertiary/aromatic N) is 1. The maximum absolute atomic E-state index is 11.4. The highest BCUT2D eigenvalue weighted by Gasteiger charge is 2.22. The molecule has 0 spiro atoms. The van der Waals surface area contributed by atoms with Gasteiger partial charge in [0.25, 0.3) is 0 Å². The van der Waals surface area contributed by atoms with Crippen LogP contribution in [0.5, 0.6) is 0 Å². The van der Waals surface area contributed by atoms with Crippen molar-refractivity contribution in [2.75, 3.05) is 7.11 Å². The molecule has 0 saturated heterocycles. The van der Waals surface area contributed by atoms with E-state index in [0.717, 1.165) is 12.0 Å². The van der Waals surface area contributed by atoms with Gasteiger partial charge < -0.3 is 9.94 Å². The zero-order valence-electron chi connectivity index (χ0n) is 10.9. The van der Waals surface area contributed by atoms with Crippen molar-refractivity contribution in [3.8, 4) is 0 Å². The summed E-state index contributed by atoms with van der Waals surface area (Å²) in [5.41, 5.74) is 2.75. The van der Waals surface area contributed by atoms with Gasteiger partial charge in [-0.05, 0) is 24.0 Å². The molecule has 4 heteroatoms. The number of hydrogen-bond acceptors (Lipinski definition) is 4. The second kappa shape index (κ2) is 6.18. The Morgan fingerprint density at radius 1 is 1.37 bits per heavy atom. The molecule has 0 bridgehead atoms. The molecule has 0 aromatic heterocycles. The van der Waals surface area contributed by atoms with E-state index in [-0.39, 0.29) is 18.3 Å². The van der Waals surface area contributed by atoms with Gasteiger partial charge in [-0.1, -0.05) is 41.1 Å². The van der Waals surface area contributed by atoms with Crippen molar-refractivity contribution in [3.05, 3.63) is 47.5 Å². The summed E-state index contributed by atoms with van der Waals surface area (Å²) >= 11 is 0. The maximum atomic E-state index is 11.4. The fraction of sp³-hybridized carbons (Fsp3) is 0.333. The highest BCUT2D eigenvalue weighted by molar-refractivity contribution is 5.97. The van der Waals surface area contributed by atoms with E-state index in [4.69, 9.17) is 5.21 Å². The lowest BCUT2D eigenvalue weighted by Crippen LogP contribution is -2.15. The van der Waals surface area contributed by atoms with Crippen LogP contribution in [0.2, 0.25) is 0 Å². The molecule has 0 unspecified atom stereocenters. The number of esters is 1. The van der Waals surface area contributed by atoms with Crippen LogP contribution in [0, 0.1) is 0 Å². The minimum absolute atomic E-state index is 0.247. The molecule has 1 aliphatic rings. The average molecular weight is 259 g/mol. The molecule has 1 N–H and O–H groups in total. The van der Waals surface area contributed by atoms with Gasteiger partial charge in [0, 0.05) is 6.42 Å². The summed E-state index contributed by atoms with van der Waals surface area (Å²) in [5.74, 6) is -0.0194. The van der Waals surface area contributed by atoms with E-state index in [9.17, 15) is 4.79 Å². The minimum atomic E-state index is -0.266. The second-order valence-corrected chi connectivity index (χ2v) is 4.66. The quantitative estimate of drug-likeness (QED) is 0.516. The number of ether oxygens (including phenoxy) is 1. The molecule has 0 saturated carbocycles. The van der Waals surface area contributed by atoms with E-state index >= 15 is 0 Å². The number of carbonyl (C=O) groups is 1. The zero-order valence-corrected chi connectivity index (χ0v) is 10.9. The Morgan fingerprint density at radius 2 is 2.11 bits per heavy atom. The Bertz CT molecular complexity index is 505. The lowest BCUT2D eigenvalue weighted by Gasteiger charge is -2.23. The number of benzene rings is 1. The van der Waals surface area contributed by atoms with Crippen LogP contribution in [0.15, 0.2) is 47.1 Å². The van der Waals surface area contributed by atoms with Crippen molar-refractivity contribution >= 4 is 11.7 Å². The van der Waals surface area contributed by atoms with Crippen LogP contribution >= 0.6 is 0 Å². The van der Waals surface area contributed by atoms with Crippen LogP contribution in [-0.4, -0.2) is 24.0 Å². The molecule has 0 radical (unpaired) electrons. The summed E-state index contributed by atoms with van der Waals surface area (Å²) in [5, 5.41) is 12.3. The van der Waals surface area contributed by atoms with Crippen LogP contribution in [0.4, 0.5) is 0 Å². The van der Waals surface area contributed by atoms with Gasteiger partial charge in [-0.25, -0.2) is 0 Å². The predicted octanol–water partition coefficient (Wildman–Crippen LogP) is 2.88. The normalized spacial score (nSPS) is 21.0. The Hall–Kier alpha value is -2.10. The van der Waals surface area contributed by atoms with Crippen molar-refractivity contribution < 1.29 is 14.7 Å². The highest BCUT2D eigenvalue weighted by atomic mass is 16.5. The van der Waals surface area contributed by atoms with Gasteiger partial charge in [-0.15, -0.1) is 0 Å². The summed E-state index contributed by atoms with van der Waals surface area (Å²) in [6.45, 7) is 0. The lowest BCUT2D eigenvalue weighted by molar-refractivity contribution is -0.139. The molecule has 19 heavy (non-hydrogen) atoms. The van der Waals surface area contributed by atoms with Crippen molar-refractivity contribution in [1.29, 1.82) is 0 Å². The predicted molar refractivity (Wildman–Crippen MR) is 72.4 cm³/mol. The van der Waals surface area contributed by atoms with Crippen LogP contribution in [-0.2, 0) is 9.53 Å².